The molecule has 3 heterocycles. The molecule has 1 N–H and O–H groups in total. The lowest BCUT2D eigenvalue weighted by Crippen LogP contribution is -2.49. The van der Waals surface area contributed by atoms with Crippen molar-refractivity contribution in [3.8, 4) is 11.3 Å². The Labute approximate surface area is 168 Å². The molecular weight excluding hydrogens is 371 g/mol. The van der Waals surface area contributed by atoms with Gasteiger partial charge in [0.1, 0.15) is 5.69 Å². The van der Waals surface area contributed by atoms with Gasteiger partial charge in [0.15, 0.2) is 0 Å². The lowest BCUT2D eigenvalue weighted by atomic mass is 9.90. The van der Waals surface area contributed by atoms with Gasteiger partial charge in [-0.1, -0.05) is 44.2 Å². The first kappa shape index (κ1) is 19.3. The maximum absolute atomic E-state index is 14.9. The number of aliphatic hydroxyl groups excluding tert-OH is 1. The fourth-order valence-corrected chi connectivity index (χ4v) is 3.81. The highest BCUT2D eigenvalue weighted by Gasteiger charge is 2.34. The van der Waals surface area contributed by atoms with Crippen LogP contribution >= 0.6 is 0 Å². The summed E-state index contributed by atoms with van der Waals surface area (Å²) in [5.41, 5.74) is 0.295. The van der Waals surface area contributed by atoms with E-state index in [0.717, 1.165) is 5.56 Å². The summed E-state index contributed by atoms with van der Waals surface area (Å²) < 4.78 is 16.3. The summed E-state index contributed by atoms with van der Waals surface area (Å²) in [6.07, 6.45) is 2.31. The van der Waals surface area contributed by atoms with Crippen LogP contribution in [-0.2, 0) is 6.54 Å². The van der Waals surface area contributed by atoms with E-state index in [2.05, 4.69) is 9.97 Å². The van der Waals surface area contributed by atoms with Crippen molar-refractivity contribution in [2.24, 2.45) is 5.41 Å². The number of aromatic nitrogens is 3. The van der Waals surface area contributed by atoms with E-state index in [0.29, 0.717) is 24.6 Å². The molecule has 0 saturated carbocycles. The van der Waals surface area contributed by atoms with Crippen molar-refractivity contribution in [3.05, 3.63) is 76.6 Å². The van der Waals surface area contributed by atoms with E-state index in [1.54, 1.807) is 12.1 Å². The molecule has 0 radical (unpaired) electrons. The number of hydrogen-bond donors (Lipinski definition) is 1. The molecule has 0 amide bonds. The highest BCUT2D eigenvalue weighted by molar-refractivity contribution is 5.60. The first-order valence-electron chi connectivity index (χ1n) is 9.54. The Balaban J connectivity index is 1.79. The molecule has 0 bridgehead atoms. The third-order valence-electron chi connectivity index (χ3n) is 5.11. The van der Waals surface area contributed by atoms with Crippen LogP contribution in [0.2, 0.25) is 0 Å². The van der Waals surface area contributed by atoms with Gasteiger partial charge in [-0.05, 0) is 17.7 Å². The maximum Gasteiger partial charge on any atom is 0.291 e. The van der Waals surface area contributed by atoms with Crippen LogP contribution in [0.1, 0.15) is 25.5 Å². The number of pyridine rings is 1. The van der Waals surface area contributed by atoms with Gasteiger partial charge in [-0.3, -0.25) is 14.3 Å². The summed E-state index contributed by atoms with van der Waals surface area (Å²) in [5, 5.41) is 10.7. The van der Waals surface area contributed by atoms with Crippen LogP contribution in [0.25, 0.3) is 11.3 Å². The van der Waals surface area contributed by atoms with E-state index in [1.807, 2.05) is 49.1 Å². The zero-order valence-corrected chi connectivity index (χ0v) is 16.4. The SMILES string of the molecule is CC1(C)CN(C[C@@H](O)c2ccccc2)c2nc(-c3ccncc3)c(F)c(=O)n2C1. The smallest absolute Gasteiger partial charge is 0.291 e. The maximum atomic E-state index is 14.9. The second kappa shape index (κ2) is 7.40. The molecule has 0 unspecified atom stereocenters. The Kier molecular flexibility index (Phi) is 4.92. The number of anilines is 1. The average molecular weight is 394 g/mol. The van der Waals surface area contributed by atoms with Gasteiger partial charge in [-0.2, -0.15) is 4.39 Å². The molecule has 0 aliphatic carbocycles. The number of nitrogens with zero attached hydrogens (tertiary/aromatic N) is 4. The summed E-state index contributed by atoms with van der Waals surface area (Å²) in [6, 6.07) is 12.6. The molecule has 4 rings (SSSR count). The van der Waals surface area contributed by atoms with Crippen LogP contribution in [0.15, 0.2) is 59.7 Å². The molecule has 29 heavy (non-hydrogen) atoms. The first-order chi connectivity index (χ1) is 13.9. The Bertz CT molecular complexity index is 1070. The van der Waals surface area contributed by atoms with E-state index < -0.39 is 17.5 Å². The van der Waals surface area contributed by atoms with Crippen molar-refractivity contribution in [2.45, 2.75) is 26.5 Å². The predicted octanol–water partition coefficient (Wildman–Crippen LogP) is 3.02. The number of fused-ring (bicyclic) bond motifs is 1. The third kappa shape index (κ3) is 3.78. The van der Waals surface area contributed by atoms with Gasteiger partial charge in [-0.15, -0.1) is 0 Å². The van der Waals surface area contributed by atoms with Gasteiger partial charge >= 0.3 is 0 Å². The largest absolute Gasteiger partial charge is 0.387 e. The van der Waals surface area contributed by atoms with E-state index in [4.69, 9.17) is 0 Å². The lowest BCUT2D eigenvalue weighted by Gasteiger charge is -2.41. The zero-order valence-electron chi connectivity index (χ0n) is 16.4. The van der Waals surface area contributed by atoms with Crippen LogP contribution in [0.5, 0.6) is 0 Å². The van der Waals surface area contributed by atoms with E-state index in [-0.39, 0.29) is 17.7 Å². The number of hydrogen-bond acceptors (Lipinski definition) is 5. The van der Waals surface area contributed by atoms with Crippen molar-refractivity contribution in [1.82, 2.24) is 14.5 Å². The van der Waals surface area contributed by atoms with Crippen LogP contribution < -0.4 is 10.5 Å². The van der Waals surface area contributed by atoms with Crippen LogP contribution in [0, 0.1) is 11.2 Å². The molecule has 1 atom stereocenters. The topological polar surface area (TPSA) is 71.2 Å². The molecule has 1 aliphatic rings. The molecule has 0 fully saturated rings. The second-order valence-electron chi connectivity index (χ2n) is 8.17. The van der Waals surface area contributed by atoms with Gasteiger partial charge in [0.2, 0.25) is 11.8 Å². The number of halogens is 1. The number of β-amino-alcohol motifs (C(OH)–C–C–N with tert-alkyl or cyclic N) is 1. The van der Waals surface area contributed by atoms with Gasteiger partial charge < -0.3 is 10.0 Å². The fraction of sp³-hybridized carbons (Fsp3) is 0.318. The summed E-state index contributed by atoms with van der Waals surface area (Å²) in [6.45, 7) is 5.23. The van der Waals surface area contributed by atoms with E-state index >= 15 is 0 Å². The van der Waals surface area contributed by atoms with E-state index in [1.165, 1.54) is 17.0 Å². The molecule has 6 nitrogen and oxygen atoms in total. The Morgan fingerprint density at radius 2 is 1.83 bits per heavy atom. The highest BCUT2D eigenvalue weighted by Crippen LogP contribution is 2.32. The van der Waals surface area contributed by atoms with Gasteiger partial charge in [0, 0.05) is 36.5 Å². The van der Waals surface area contributed by atoms with Gasteiger partial charge in [0.25, 0.3) is 5.56 Å². The fourth-order valence-electron chi connectivity index (χ4n) is 3.81. The molecule has 7 heteroatoms. The standard InChI is InChI=1S/C22H23FN4O2/c1-22(2)13-26(12-17(28)15-6-4-3-5-7-15)21-25-19(16-8-10-24-11-9-16)18(23)20(29)27(21)14-22/h3-11,17,28H,12-14H2,1-2H3/t17-/m1/s1. The van der Waals surface area contributed by atoms with Crippen molar-refractivity contribution < 1.29 is 9.50 Å². The number of aliphatic hydroxyl groups is 1. The average Bonchev–Trinajstić information content (AvgIpc) is 2.72. The Morgan fingerprint density at radius 1 is 1.14 bits per heavy atom. The number of benzene rings is 1. The van der Waals surface area contributed by atoms with Crippen molar-refractivity contribution in [2.75, 3.05) is 18.0 Å². The molecule has 0 saturated heterocycles. The summed E-state index contributed by atoms with van der Waals surface area (Å²) in [5.74, 6) is -0.501. The minimum Gasteiger partial charge on any atom is -0.387 e. The molecule has 1 aromatic carbocycles. The molecule has 150 valence electrons. The second-order valence-corrected chi connectivity index (χ2v) is 8.17. The minimum atomic E-state index is -0.874. The lowest BCUT2D eigenvalue weighted by molar-refractivity contribution is 0.171. The van der Waals surface area contributed by atoms with Gasteiger partial charge in [-0.25, -0.2) is 4.98 Å². The quantitative estimate of drug-likeness (QED) is 0.737. The predicted molar refractivity (Wildman–Crippen MR) is 109 cm³/mol. The number of rotatable bonds is 4. The van der Waals surface area contributed by atoms with Crippen molar-refractivity contribution >= 4 is 5.95 Å². The van der Waals surface area contributed by atoms with Gasteiger partial charge in [0.05, 0.1) is 12.6 Å². The van der Waals surface area contributed by atoms with Crippen molar-refractivity contribution in [1.29, 1.82) is 0 Å². The monoisotopic (exact) mass is 394 g/mol. The molecule has 2 aromatic heterocycles. The van der Waals surface area contributed by atoms with Crippen LogP contribution in [-0.4, -0.2) is 32.7 Å². The minimum absolute atomic E-state index is 0.00237. The summed E-state index contributed by atoms with van der Waals surface area (Å²) in [7, 11) is 0. The molecular formula is C22H23FN4O2. The van der Waals surface area contributed by atoms with Crippen LogP contribution in [0.3, 0.4) is 0 Å². The summed E-state index contributed by atoms with van der Waals surface area (Å²) >= 11 is 0. The third-order valence-corrected chi connectivity index (χ3v) is 5.11. The Hall–Kier alpha value is -3.06. The van der Waals surface area contributed by atoms with Crippen LogP contribution in [0.4, 0.5) is 10.3 Å². The first-order valence-corrected chi connectivity index (χ1v) is 9.54. The van der Waals surface area contributed by atoms with Crippen molar-refractivity contribution in [3.63, 3.8) is 0 Å². The molecule has 1 aliphatic heterocycles. The summed E-state index contributed by atoms with van der Waals surface area (Å²) in [4.78, 5) is 23.2. The zero-order chi connectivity index (χ0) is 20.6. The molecule has 0 spiro atoms. The molecule has 3 aromatic rings. The highest BCUT2D eigenvalue weighted by atomic mass is 19.1. The Morgan fingerprint density at radius 3 is 2.52 bits per heavy atom. The normalized spacial score (nSPS) is 16.3. The van der Waals surface area contributed by atoms with E-state index in [9.17, 15) is 14.3 Å².